The van der Waals surface area contributed by atoms with E-state index in [1.807, 2.05) is 13.2 Å². The van der Waals surface area contributed by atoms with Crippen LogP contribution in [0.15, 0.2) is 24.3 Å². The first-order chi connectivity index (χ1) is 9.70. The first kappa shape index (κ1) is 15.5. The number of nitrogens with one attached hydrogen (secondary N) is 1. The Kier molecular flexibility index (Phi) is 5.55. The van der Waals surface area contributed by atoms with Crippen LogP contribution in [0.1, 0.15) is 44.6 Å². The van der Waals surface area contributed by atoms with Crippen molar-refractivity contribution in [2.45, 2.75) is 57.1 Å². The van der Waals surface area contributed by atoms with Gasteiger partial charge in [-0.1, -0.05) is 31.9 Å². The van der Waals surface area contributed by atoms with Crippen molar-refractivity contribution in [2.75, 3.05) is 13.7 Å². The quantitative estimate of drug-likeness (QED) is 0.822. The highest BCUT2D eigenvalue weighted by molar-refractivity contribution is 5.19. The molecule has 1 aliphatic carbocycles. The minimum Gasteiger partial charge on any atom is -0.377 e. The largest absolute Gasteiger partial charge is 0.377 e. The summed E-state index contributed by atoms with van der Waals surface area (Å²) in [4.78, 5) is 0. The number of hydrogen-bond acceptors (Lipinski definition) is 2. The molecule has 0 aliphatic heterocycles. The fourth-order valence-electron chi connectivity index (χ4n) is 3.33. The van der Waals surface area contributed by atoms with Gasteiger partial charge in [0.05, 0.1) is 5.60 Å². The molecule has 0 saturated heterocycles. The van der Waals surface area contributed by atoms with Crippen molar-refractivity contribution in [3.8, 4) is 0 Å². The van der Waals surface area contributed by atoms with Crippen LogP contribution in [0.5, 0.6) is 0 Å². The van der Waals surface area contributed by atoms with E-state index in [-0.39, 0.29) is 17.5 Å². The van der Waals surface area contributed by atoms with E-state index in [9.17, 15) is 4.39 Å². The zero-order valence-electron chi connectivity index (χ0n) is 12.6. The Morgan fingerprint density at radius 1 is 1.35 bits per heavy atom. The fourth-order valence-corrected chi connectivity index (χ4v) is 3.33. The maximum atomic E-state index is 13.4. The van der Waals surface area contributed by atoms with Crippen molar-refractivity contribution in [3.05, 3.63) is 35.6 Å². The maximum Gasteiger partial charge on any atom is 0.123 e. The van der Waals surface area contributed by atoms with Gasteiger partial charge in [-0.25, -0.2) is 4.39 Å². The molecule has 2 rings (SSSR count). The highest BCUT2D eigenvalue weighted by Crippen LogP contribution is 2.36. The number of benzene rings is 1. The van der Waals surface area contributed by atoms with Crippen LogP contribution >= 0.6 is 0 Å². The Morgan fingerprint density at radius 2 is 2.10 bits per heavy atom. The Labute approximate surface area is 121 Å². The Balaban J connectivity index is 2.14. The number of ether oxygens (including phenoxy) is 1. The standard InChI is InChI=1S/C17H26FNO/c1-3-11-19-16(17(20-2)9-4-5-10-17)13-14-7-6-8-15(18)12-14/h6-8,12,16,19H,3-5,9-11,13H2,1-2H3. The van der Waals surface area contributed by atoms with Crippen molar-refractivity contribution >= 4 is 0 Å². The lowest BCUT2D eigenvalue weighted by atomic mass is 9.87. The Bertz CT molecular complexity index is 415. The molecule has 1 fully saturated rings. The van der Waals surface area contributed by atoms with Crippen LogP contribution in [-0.4, -0.2) is 25.3 Å². The highest BCUT2D eigenvalue weighted by Gasteiger charge is 2.41. The molecule has 0 amide bonds. The van der Waals surface area contributed by atoms with Gasteiger partial charge >= 0.3 is 0 Å². The summed E-state index contributed by atoms with van der Waals surface area (Å²) < 4.78 is 19.3. The third-order valence-corrected chi connectivity index (χ3v) is 4.46. The summed E-state index contributed by atoms with van der Waals surface area (Å²) in [5, 5.41) is 3.62. The van der Waals surface area contributed by atoms with E-state index in [4.69, 9.17) is 4.74 Å². The smallest absolute Gasteiger partial charge is 0.123 e. The average Bonchev–Trinajstić information content (AvgIpc) is 2.93. The molecular formula is C17H26FNO. The van der Waals surface area contributed by atoms with E-state index in [0.717, 1.165) is 37.8 Å². The van der Waals surface area contributed by atoms with Gasteiger partial charge in [0.1, 0.15) is 5.82 Å². The molecule has 1 aromatic rings. The van der Waals surface area contributed by atoms with E-state index < -0.39 is 0 Å². The lowest BCUT2D eigenvalue weighted by Gasteiger charge is -2.37. The molecule has 2 nitrogen and oxygen atoms in total. The molecule has 3 heteroatoms. The van der Waals surface area contributed by atoms with Gasteiger partial charge in [0.15, 0.2) is 0 Å². The first-order valence-electron chi connectivity index (χ1n) is 7.73. The van der Waals surface area contributed by atoms with Crippen LogP contribution in [0.3, 0.4) is 0 Å². The molecule has 0 heterocycles. The predicted octanol–water partition coefficient (Wildman–Crippen LogP) is 3.70. The zero-order valence-corrected chi connectivity index (χ0v) is 12.6. The molecule has 112 valence electrons. The van der Waals surface area contributed by atoms with Crippen molar-refractivity contribution in [2.24, 2.45) is 0 Å². The molecule has 1 aliphatic rings. The Morgan fingerprint density at radius 3 is 2.70 bits per heavy atom. The van der Waals surface area contributed by atoms with Gasteiger partial charge in [-0.3, -0.25) is 0 Å². The summed E-state index contributed by atoms with van der Waals surface area (Å²) in [5.74, 6) is -0.158. The summed E-state index contributed by atoms with van der Waals surface area (Å²) >= 11 is 0. The van der Waals surface area contributed by atoms with Crippen LogP contribution in [0, 0.1) is 5.82 Å². The molecule has 1 aromatic carbocycles. The van der Waals surface area contributed by atoms with E-state index >= 15 is 0 Å². The third-order valence-electron chi connectivity index (χ3n) is 4.46. The molecule has 0 bridgehead atoms. The summed E-state index contributed by atoms with van der Waals surface area (Å²) in [6.45, 7) is 3.14. The van der Waals surface area contributed by atoms with Crippen LogP contribution in [-0.2, 0) is 11.2 Å². The normalized spacial score (nSPS) is 19.1. The summed E-state index contributed by atoms with van der Waals surface area (Å²) in [6, 6.07) is 7.19. The molecule has 0 spiro atoms. The summed E-state index contributed by atoms with van der Waals surface area (Å²) in [6.07, 6.45) is 6.56. The van der Waals surface area contributed by atoms with E-state index in [1.165, 1.54) is 18.9 Å². The Hall–Kier alpha value is -0.930. The van der Waals surface area contributed by atoms with E-state index in [0.29, 0.717) is 0 Å². The molecule has 0 aromatic heterocycles. The van der Waals surface area contributed by atoms with Gasteiger partial charge < -0.3 is 10.1 Å². The summed E-state index contributed by atoms with van der Waals surface area (Å²) in [7, 11) is 1.82. The molecule has 1 N–H and O–H groups in total. The van der Waals surface area contributed by atoms with Crippen molar-refractivity contribution < 1.29 is 9.13 Å². The molecular weight excluding hydrogens is 253 g/mol. The highest BCUT2D eigenvalue weighted by atomic mass is 19.1. The van der Waals surface area contributed by atoms with Crippen molar-refractivity contribution in [3.63, 3.8) is 0 Å². The van der Waals surface area contributed by atoms with Crippen molar-refractivity contribution in [1.29, 1.82) is 0 Å². The molecule has 1 atom stereocenters. The van der Waals surface area contributed by atoms with Crippen LogP contribution < -0.4 is 5.32 Å². The predicted molar refractivity (Wildman–Crippen MR) is 80.4 cm³/mol. The van der Waals surface area contributed by atoms with Crippen LogP contribution in [0.4, 0.5) is 4.39 Å². The number of rotatable bonds is 7. The van der Waals surface area contributed by atoms with Gasteiger partial charge in [-0.05, 0) is 49.9 Å². The molecule has 1 saturated carbocycles. The second-order valence-electron chi connectivity index (χ2n) is 5.82. The van der Waals surface area contributed by atoms with Gasteiger partial charge in [-0.15, -0.1) is 0 Å². The first-order valence-corrected chi connectivity index (χ1v) is 7.73. The van der Waals surface area contributed by atoms with Crippen molar-refractivity contribution in [1.82, 2.24) is 5.32 Å². The number of methoxy groups -OCH3 is 1. The van der Waals surface area contributed by atoms with Gasteiger partial charge in [0.2, 0.25) is 0 Å². The lowest BCUT2D eigenvalue weighted by Crippen LogP contribution is -2.52. The van der Waals surface area contributed by atoms with Gasteiger partial charge in [0, 0.05) is 13.2 Å². The summed E-state index contributed by atoms with van der Waals surface area (Å²) in [5.41, 5.74) is 0.962. The second kappa shape index (κ2) is 7.19. The number of hydrogen-bond donors (Lipinski definition) is 1. The molecule has 0 radical (unpaired) electrons. The lowest BCUT2D eigenvalue weighted by molar-refractivity contribution is -0.0354. The maximum absolute atomic E-state index is 13.4. The number of halogens is 1. The zero-order chi connectivity index (χ0) is 14.4. The minimum absolute atomic E-state index is 0.0819. The monoisotopic (exact) mass is 279 g/mol. The second-order valence-corrected chi connectivity index (χ2v) is 5.82. The van der Waals surface area contributed by atoms with E-state index in [1.54, 1.807) is 12.1 Å². The molecule has 1 unspecified atom stereocenters. The fraction of sp³-hybridized carbons (Fsp3) is 0.647. The molecule has 20 heavy (non-hydrogen) atoms. The topological polar surface area (TPSA) is 21.3 Å². The third kappa shape index (κ3) is 3.58. The van der Waals surface area contributed by atoms with E-state index in [2.05, 4.69) is 12.2 Å². The van der Waals surface area contributed by atoms with Gasteiger partial charge in [0.25, 0.3) is 0 Å². The minimum atomic E-state index is -0.158. The average molecular weight is 279 g/mol. The van der Waals surface area contributed by atoms with Crippen LogP contribution in [0.25, 0.3) is 0 Å². The van der Waals surface area contributed by atoms with Gasteiger partial charge in [-0.2, -0.15) is 0 Å². The van der Waals surface area contributed by atoms with Crippen LogP contribution in [0.2, 0.25) is 0 Å². The SMILES string of the molecule is CCCNC(Cc1cccc(F)c1)C1(OC)CCCC1.